The van der Waals surface area contributed by atoms with Crippen LogP contribution < -0.4 is 5.32 Å². The minimum Gasteiger partial charge on any atom is -0.361 e. The predicted octanol–water partition coefficient (Wildman–Crippen LogP) is 3.47. The molecule has 2 heterocycles. The molecule has 8 heteroatoms. The van der Waals surface area contributed by atoms with Gasteiger partial charge in [0.25, 0.3) is 0 Å². The van der Waals surface area contributed by atoms with Crippen molar-refractivity contribution in [2.24, 2.45) is 0 Å². The Balaban J connectivity index is 1.53. The number of hydrogen-bond donors (Lipinski definition) is 2. The van der Waals surface area contributed by atoms with E-state index in [0.29, 0.717) is 12.6 Å². The van der Waals surface area contributed by atoms with Crippen LogP contribution in [0.3, 0.4) is 0 Å². The van der Waals surface area contributed by atoms with Crippen LogP contribution in [0, 0.1) is 0 Å². The number of carbonyl (C=O) groups is 1. The number of alkyl halides is 3. The first kappa shape index (κ1) is 19.1. The van der Waals surface area contributed by atoms with Crippen LogP contribution in [0.15, 0.2) is 24.4 Å². The Morgan fingerprint density at radius 2 is 2.18 bits per heavy atom. The van der Waals surface area contributed by atoms with Gasteiger partial charge in [0, 0.05) is 48.2 Å². The predicted molar refractivity (Wildman–Crippen MR) is 101 cm³/mol. The molecule has 0 radical (unpaired) electrons. The van der Waals surface area contributed by atoms with Crippen molar-refractivity contribution in [3.05, 3.63) is 35.5 Å². The fourth-order valence-electron chi connectivity index (χ4n) is 4.86. The van der Waals surface area contributed by atoms with Crippen molar-refractivity contribution < 1.29 is 18.0 Å². The summed E-state index contributed by atoms with van der Waals surface area (Å²) in [5.41, 5.74) is 3.68. The molecule has 1 aliphatic heterocycles. The zero-order valence-corrected chi connectivity index (χ0v) is 16.0. The Bertz CT molecular complexity index is 878. The van der Waals surface area contributed by atoms with Crippen LogP contribution in [0.2, 0.25) is 0 Å². The van der Waals surface area contributed by atoms with Crippen molar-refractivity contribution in [3.63, 3.8) is 0 Å². The number of H-pyrrole nitrogens is 1. The number of aromatic amines is 1. The fourth-order valence-corrected chi connectivity index (χ4v) is 4.86. The van der Waals surface area contributed by atoms with Gasteiger partial charge in [0.1, 0.15) is 6.54 Å². The van der Waals surface area contributed by atoms with Gasteiger partial charge in [0.2, 0.25) is 0 Å². The molecule has 1 aliphatic carbocycles. The minimum absolute atomic E-state index is 0.0198. The molecule has 2 aliphatic rings. The summed E-state index contributed by atoms with van der Waals surface area (Å²) in [6.45, 7) is 0.984. The number of nitrogens with zero attached hydrogens (tertiary/aromatic N) is 2. The van der Waals surface area contributed by atoms with Gasteiger partial charge in [-0.15, -0.1) is 0 Å². The van der Waals surface area contributed by atoms with E-state index in [4.69, 9.17) is 0 Å². The van der Waals surface area contributed by atoms with Gasteiger partial charge in [-0.05, 0) is 44.0 Å². The van der Waals surface area contributed by atoms with Gasteiger partial charge in [0.05, 0.1) is 0 Å². The van der Waals surface area contributed by atoms with Gasteiger partial charge in [-0.1, -0.05) is 12.1 Å². The van der Waals surface area contributed by atoms with Gasteiger partial charge in [-0.25, -0.2) is 4.79 Å². The number of halogens is 3. The van der Waals surface area contributed by atoms with Crippen molar-refractivity contribution in [1.82, 2.24) is 20.1 Å². The molecule has 5 nitrogen and oxygen atoms in total. The molecule has 1 fully saturated rings. The third-order valence-corrected chi connectivity index (χ3v) is 6.09. The summed E-state index contributed by atoms with van der Waals surface area (Å²) in [6.07, 6.45) is -0.657. The van der Waals surface area contributed by atoms with Gasteiger partial charge in [0.15, 0.2) is 0 Å². The maximum atomic E-state index is 12.7. The Kier molecular flexibility index (Phi) is 4.77. The molecule has 1 aromatic carbocycles. The molecule has 2 N–H and O–H groups in total. The van der Waals surface area contributed by atoms with Crippen LogP contribution in [-0.4, -0.2) is 65.8 Å². The monoisotopic (exact) mass is 394 g/mol. The Labute approximate surface area is 161 Å². The number of likely N-dealkylation sites (tertiary alicyclic amines) is 1. The first-order valence-electron chi connectivity index (χ1n) is 9.68. The molecule has 2 aromatic rings. The second-order valence-corrected chi connectivity index (χ2v) is 7.91. The molecule has 152 valence electrons. The van der Waals surface area contributed by atoms with Gasteiger partial charge in [-0.2, -0.15) is 13.2 Å². The van der Waals surface area contributed by atoms with Crippen molar-refractivity contribution in [2.45, 2.75) is 43.9 Å². The molecule has 0 unspecified atom stereocenters. The summed E-state index contributed by atoms with van der Waals surface area (Å²) < 4.78 is 38.2. The lowest BCUT2D eigenvalue weighted by molar-refractivity contribution is -0.139. The molecule has 1 aromatic heterocycles. The lowest BCUT2D eigenvalue weighted by atomic mass is 9.74. The highest BCUT2D eigenvalue weighted by molar-refractivity contribution is 5.88. The van der Waals surface area contributed by atoms with E-state index in [1.165, 1.54) is 16.5 Å². The highest BCUT2D eigenvalue weighted by Crippen LogP contribution is 2.42. The second kappa shape index (κ2) is 6.99. The lowest BCUT2D eigenvalue weighted by Gasteiger charge is -2.46. The van der Waals surface area contributed by atoms with E-state index < -0.39 is 18.8 Å². The molecule has 3 atom stereocenters. The quantitative estimate of drug-likeness (QED) is 0.838. The number of hydrogen-bond acceptors (Lipinski definition) is 2. The van der Waals surface area contributed by atoms with Crippen LogP contribution in [0.4, 0.5) is 18.0 Å². The Hall–Kier alpha value is -2.22. The minimum atomic E-state index is -4.40. The molecule has 2 amide bonds. The number of rotatable bonds is 3. The third-order valence-electron chi connectivity index (χ3n) is 6.09. The summed E-state index contributed by atoms with van der Waals surface area (Å²) in [5, 5.41) is 4.10. The normalized spacial score (nSPS) is 24.8. The maximum Gasteiger partial charge on any atom is 0.406 e. The summed E-state index contributed by atoms with van der Waals surface area (Å²) in [6, 6.07) is 5.73. The fraction of sp³-hybridized carbons (Fsp3) is 0.550. The smallest absolute Gasteiger partial charge is 0.361 e. The van der Waals surface area contributed by atoms with E-state index in [1.54, 1.807) is 6.92 Å². The molecule has 28 heavy (non-hydrogen) atoms. The number of benzene rings is 1. The number of urea groups is 1. The summed E-state index contributed by atoms with van der Waals surface area (Å²) >= 11 is 0. The number of fused-ring (bicyclic) bond motifs is 2. The van der Waals surface area contributed by atoms with Gasteiger partial charge < -0.3 is 20.1 Å². The number of carbonyl (C=O) groups excluding carboxylic acids is 1. The van der Waals surface area contributed by atoms with Crippen molar-refractivity contribution in [3.8, 4) is 0 Å². The molecule has 4 rings (SSSR count). The zero-order valence-electron chi connectivity index (χ0n) is 16.0. The topological polar surface area (TPSA) is 51.4 Å². The van der Waals surface area contributed by atoms with E-state index in [9.17, 15) is 18.0 Å². The number of aromatic nitrogens is 1. The van der Waals surface area contributed by atoms with Crippen molar-refractivity contribution in [1.29, 1.82) is 0 Å². The average molecular weight is 394 g/mol. The standard InChI is InChI=1S/C20H25F3N4O/c1-3-27(11-20(21,22)23)19(28)25-13-8-15-14-5-4-6-16-18(14)12(9-24-16)7-17(15)26(2)10-13/h4-6,9,13,15,17,24H,3,7-8,10-11H2,1-2H3,(H,25,28)/t13-,15+,17+/m0/s1. The summed E-state index contributed by atoms with van der Waals surface area (Å²) in [5.74, 6) is 0.244. The zero-order chi connectivity index (χ0) is 20.1. The van der Waals surface area contributed by atoms with Gasteiger partial charge >= 0.3 is 12.2 Å². The lowest BCUT2D eigenvalue weighted by Crippen LogP contribution is -2.57. The van der Waals surface area contributed by atoms with E-state index >= 15 is 0 Å². The van der Waals surface area contributed by atoms with Crippen LogP contribution in [-0.2, 0) is 6.42 Å². The van der Waals surface area contributed by atoms with Gasteiger partial charge in [-0.3, -0.25) is 0 Å². The van der Waals surface area contributed by atoms with Crippen LogP contribution >= 0.6 is 0 Å². The second-order valence-electron chi connectivity index (χ2n) is 7.91. The largest absolute Gasteiger partial charge is 0.406 e. The molecular weight excluding hydrogens is 369 g/mol. The van der Waals surface area contributed by atoms with E-state index in [-0.39, 0.29) is 18.5 Å². The first-order valence-corrected chi connectivity index (χ1v) is 9.68. The molecule has 0 saturated carbocycles. The molecule has 1 saturated heterocycles. The highest BCUT2D eigenvalue weighted by Gasteiger charge is 2.40. The van der Waals surface area contributed by atoms with Crippen molar-refractivity contribution >= 4 is 16.9 Å². The third kappa shape index (κ3) is 3.45. The Morgan fingerprint density at radius 3 is 2.89 bits per heavy atom. The first-order chi connectivity index (χ1) is 13.3. The average Bonchev–Trinajstić information content (AvgIpc) is 3.04. The molecular formula is C20H25F3N4O. The number of likely N-dealkylation sites (N-methyl/N-ethyl adjacent to an activating group) is 1. The molecule has 0 bridgehead atoms. The van der Waals surface area contributed by atoms with E-state index in [1.807, 2.05) is 13.1 Å². The van der Waals surface area contributed by atoms with E-state index in [0.717, 1.165) is 23.3 Å². The van der Waals surface area contributed by atoms with Crippen molar-refractivity contribution in [2.75, 3.05) is 26.7 Å². The number of piperidine rings is 1. The summed E-state index contributed by atoms with van der Waals surface area (Å²) in [4.78, 5) is 18.8. The van der Waals surface area contributed by atoms with Crippen LogP contribution in [0.5, 0.6) is 0 Å². The maximum absolute atomic E-state index is 12.7. The number of amides is 2. The number of nitrogens with one attached hydrogen (secondary N) is 2. The molecule has 0 spiro atoms. The Morgan fingerprint density at radius 1 is 1.39 bits per heavy atom. The van der Waals surface area contributed by atoms with E-state index in [2.05, 4.69) is 33.5 Å². The van der Waals surface area contributed by atoms with Crippen LogP contribution in [0.1, 0.15) is 30.4 Å². The summed E-state index contributed by atoms with van der Waals surface area (Å²) in [7, 11) is 2.03. The van der Waals surface area contributed by atoms with Crippen LogP contribution in [0.25, 0.3) is 10.9 Å². The SMILES string of the molecule is CCN(CC(F)(F)F)C(=O)N[C@H]1C[C@@H]2c3cccc4[nH]cc(c34)C[C@H]2N(C)C1. The highest BCUT2D eigenvalue weighted by atomic mass is 19.4.